The van der Waals surface area contributed by atoms with Gasteiger partial charge in [-0.15, -0.1) is 0 Å². The second kappa shape index (κ2) is 4.09. The molecule has 9 heteroatoms. The second-order valence-electron chi connectivity index (χ2n) is 5.13. The van der Waals surface area contributed by atoms with Crippen LogP contribution in [-0.2, 0) is 12.7 Å². The number of fused-ring (bicyclic) bond motifs is 2. The molecule has 3 heterocycles. The zero-order valence-electron chi connectivity index (χ0n) is 11.2. The Labute approximate surface area is 116 Å². The first-order chi connectivity index (χ1) is 9.70. The van der Waals surface area contributed by atoms with Gasteiger partial charge in [-0.1, -0.05) is 0 Å². The Bertz CT molecular complexity index is 803. The third kappa shape index (κ3) is 1.91. The van der Waals surface area contributed by atoms with E-state index in [0.717, 1.165) is 4.52 Å². The molecule has 0 saturated carbocycles. The molecule has 2 aromatic rings. The number of nitrogens with one attached hydrogen (secondary N) is 1. The van der Waals surface area contributed by atoms with Crippen molar-refractivity contribution in [3.8, 4) is 0 Å². The number of halogens is 3. The number of nitrogens with zero attached hydrogens (tertiary/aromatic N) is 3. The Morgan fingerprint density at radius 3 is 2.57 bits per heavy atom. The van der Waals surface area contributed by atoms with E-state index >= 15 is 0 Å². The minimum absolute atomic E-state index is 0.0565. The minimum Gasteiger partial charge on any atom is -0.330 e. The lowest BCUT2D eigenvalue weighted by Crippen LogP contribution is -2.31. The molecule has 0 bridgehead atoms. The number of aromatic amines is 1. The normalized spacial score (nSPS) is 15.3. The molecule has 1 amide bonds. The van der Waals surface area contributed by atoms with E-state index in [-0.39, 0.29) is 29.5 Å². The van der Waals surface area contributed by atoms with E-state index in [2.05, 4.69) is 4.98 Å². The summed E-state index contributed by atoms with van der Waals surface area (Å²) in [4.78, 5) is 29.7. The van der Waals surface area contributed by atoms with Gasteiger partial charge in [-0.25, -0.2) is 9.50 Å². The number of amides is 1. The molecule has 1 aliphatic heterocycles. The molecule has 6 nitrogen and oxygen atoms in total. The third-order valence-corrected chi connectivity index (χ3v) is 3.43. The first-order valence-electron chi connectivity index (χ1n) is 6.23. The van der Waals surface area contributed by atoms with Crippen molar-refractivity contribution < 1.29 is 18.0 Å². The number of hydrogen-bond donors (Lipinski definition) is 1. The molecule has 2 aromatic heterocycles. The lowest BCUT2D eigenvalue weighted by molar-refractivity contribution is -0.141. The zero-order valence-corrected chi connectivity index (χ0v) is 11.2. The van der Waals surface area contributed by atoms with Crippen LogP contribution in [0.15, 0.2) is 10.9 Å². The summed E-state index contributed by atoms with van der Waals surface area (Å²) in [6, 6.07) is 0.590. The van der Waals surface area contributed by atoms with Gasteiger partial charge in [0.1, 0.15) is 11.4 Å². The Balaban J connectivity index is 2.22. The van der Waals surface area contributed by atoms with Gasteiger partial charge >= 0.3 is 6.18 Å². The summed E-state index contributed by atoms with van der Waals surface area (Å²) < 4.78 is 38.7. The van der Waals surface area contributed by atoms with E-state index in [9.17, 15) is 22.8 Å². The number of carbonyl (C=O) groups excluding carboxylic acids is 1. The summed E-state index contributed by atoms with van der Waals surface area (Å²) in [7, 11) is 0. The van der Waals surface area contributed by atoms with Crippen LogP contribution in [-0.4, -0.2) is 31.4 Å². The minimum atomic E-state index is -4.61. The lowest BCUT2D eigenvalue weighted by Gasteiger charge is -2.19. The highest BCUT2D eigenvalue weighted by molar-refractivity contribution is 5.96. The van der Waals surface area contributed by atoms with E-state index < -0.39 is 23.3 Å². The number of rotatable bonds is 1. The maximum atomic E-state index is 12.6. The Hall–Kier alpha value is -2.32. The molecular formula is C12H11F3N4O2. The van der Waals surface area contributed by atoms with Crippen LogP contribution in [0, 0.1) is 0 Å². The average molecular weight is 300 g/mol. The summed E-state index contributed by atoms with van der Waals surface area (Å²) >= 11 is 0. The van der Waals surface area contributed by atoms with E-state index in [1.807, 2.05) is 5.10 Å². The van der Waals surface area contributed by atoms with Crippen LogP contribution in [0.25, 0.3) is 5.65 Å². The van der Waals surface area contributed by atoms with Crippen LogP contribution in [0.1, 0.15) is 35.6 Å². The van der Waals surface area contributed by atoms with Crippen molar-refractivity contribution in [2.24, 2.45) is 0 Å². The Morgan fingerprint density at radius 2 is 2.00 bits per heavy atom. The molecule has 0 spiro atoms. The van der Waals surface area contributed by atoms with Gasteiger partial charge < -0.3 is 4.90 Å². The maximum Gasteiger partial charge on any atom is 0.432 e. The predicted octanol–water partition coefficient (Wildman–Crippen LogP) is 1.41. The molecule has 0 saturated heterocycles. The molecular weight excluding hydrogens is 289 g/mol. The quantitative estimate of drug-likeness (QED) is 0.865. The van der Waals surface area contributed by atoms with Gasteiger partial charge in [0.15, 0.2) is 5.65 Å². The van der Waals surface area contributed by atoms with Crippen LogP contribution >= 0.6 is 0 Å². The molecule has 0 aliphatic carbocycles. The highest BCUT2D eigenvalue weighted by atomic mass is 19.4. The Kier molecular flexibility index (Phi) is 2.66. The van der Waals surface area contributed by atoms with Crippen molar-refractivity contribution in [1.29, 1.82) is 0 Å². The van der Waals surface area contributed by atoms with Gasteiger partial charge in [-0.3, -0.25) is 14.7 Å². The van der Waals surface area contributed by atoms with Crippen LogP contribution < -0.4 is 5.56 Å². The molecule has 0 atom stereocenters. The van der Waals surface area contributed by atoms with E-state index in [1.54, 1.807) is 13.8 Å². The van der Waals surface area contributed by atoms with Gasteiger partial charge in [0.25, 0.3) is 11.5 Å². The van der Waals surface area contributed by atoms with Gasteiger partial charge in [0.2, 0.25) is 0 Å². The molecule has 21 heavy (non-hydrogen) atoms. The predicted molar refractivity (Wildman–Crippen MR) is 65.8 cm³/mol. The zero-order chi connectivity index (χ0) is 15.5. The number of alkyl halides is 3. The number of aromatic nitrogens is 3. The topological polar surface area (TPSA) is 70.5 Å². The van der Waals surface area contributed by atoms with Crippen molar-refractivity contribution in [3.05, 3.63) is 33.4 Å². The fraction of sp³-hybridized carbons (Fsp3) is 0.417. The number of carbonyl (C=O) groups is 1. The van der Waals surface area contributed by atoms with Crippen LogP contribution in [0.5, 0.6) is 0 Å². The maximum absolute atomic E-state index is 12.6. The average Bonchev–Trinajstić information content (AvgIpc) is 2.92. The molecule has 0 unspecified atom stereocenters. The monoisotopic (exact) mass is 300 g/mol. The van der Waals surface area contributed by atoms with Gasteiger partial charge in [-0.05, 0) is 13.8 Å². The van der Waals surface area contributed by atoms with E-state index in [0.29, 0.717) is 6.07 Å². The summed E-state index contributed by atoms with van der Waals surface area (Å²) in [5.74, 6) is -0.436. The second-order valence-corrected chi connectivity index (χ2v) is 5.13. The fourth-order valence-electron chi connectivity index (χ4n) is 2.32. The lowest BCUT2D eigenvalue weighted by atomic mass is 10.2. The van der Waals surface area contributed by atoms with Gasteiger partial charge in [0, 0.05) is 12.1 Å². The Morgan fingerprint density at radius 1 is 1.33 bits per heavy atom. The molecule has 3 rings (SSSR count). The molecule has 1 aliphatic rings. The molecule has 0 fully saturated rings. The van der Waals surface area contributed by atoms with Crippen LogP contribution in [0.3, 0.4) is 0 Å². The highest BCUT2D eigenvalue weighted by Crippen LogP contribution is 2.29. The molecule has 1 N–H and O–H groups in total. The first kappa shape index (κ1) is 13.7. The first-order valence-corrected chi connectivity index (χ1v) is 6.23. The van der Waals surface area contributed by atoms with Crippen LogP contribution in [0.2, 0.25) is 0 Å². The largest absolute Gasteiger partial charge is 0.432 e. The summed E-state index contributed by atoms with van der Waals surface area (Å²) in [5.41, 5.74) is -1.93. The van der Waals surface area contributed by atoms with Crippen molar-refractivity contribution in [2.75, 3.05) is 0 Å². The molecule has 0 aromatic carbocycles. The molecule has 112 valence electrons. The summed E-state index contributed by atoms with van der Waals surface area (Å²) in [5, 5.41) is 1.98. The number of hydrogen-bond acceptors (Lipinski definition) is 3. The summed E-state index contributed by atoms with van der Waals surface area (Å²) in [6.45, 7) is 3.63. The van der Waals surface area contributed by atoms with Crippen molar-refractivity contribution in [1.82, 2.24) is 19.5 Å². The van der Waals surface area contributed by atoms with E-state index in [1.165, 1.54) is 4.90 Å². The van der Waals surface area contributed by atoms with Crippen molar-refractivity contribution >= 4 is 11.6 Å². The van der Waals surface area contributed by atoms with Gasteiger partial charge in [-0.2, -0.15) is 13.2 Å². The van der Waals surface area contributed by atoms with Gasteiger partial charge in [0.05, 0.1) is 12.1 Å². The van der Waals surface area contributed by atoms with E-state index in [4.69, 9.17) is 0 Å². The number of H-pyrrole nitrogens is 1. The van der Waals surface area contributed by atoms with Crippen LogP contribution in [0.4, 0.5) is 13.2 Å². The fourth-order valence-corrected chi connectivity index (χ4v) is 2.32. The van der Waals surface area contributed by atoms with Crippen molar-refractivity contribution in [2.45, 2.75) is 32.6 Å². The third-order valence-electron chi connectivity index (χ3n) is 3.43. The summed E-state index contributed by atoms with van der Waals surface area (Å²) in [6.07, 6.45) is -4.61. The molecule has 0 radical (unpaired) electrons. The smallest absolute Gasteiger partial charge is 0.330 e. The SMILES string of the molecule is CC(C)N1Cc2c(nc3cc(C(F)(F)F)[nH]n3c2=O)C1=O. The van der Waals surface area contributed by atoms with Crippen molar-refractivity contribution in [3.63, 3.8) is 0 Å². The highest BCUT2D eigenvalue weighted by Gasteiger charge is 2.37. The standard InChI is InChI=1S/C12H11F3N4O2/c1-5(2)18-4-6-9(11(18)21)16-8-3-7(12(13,14)15)17-19(8)10(6)20/h3,5,17H,4H2,1-2H3.